The van der Waals surface area contributed by atoms with Gasteiger partial charge in [0.15, 0.2) is 0 Å². The van der Waals surface area contributed by atoms with Crippen LogP contribution in [0.1, 0.15) is 15.9 Å². The van der Waals surface area contributed by atoms with Crippen LogP contribution in [0.2, 0.25) is 0 Å². The molecule has 0 spiro atoms. The van der Waals surface area contributed by atoms with E-state index in [1.165, 1.54) is 12.1 Å². The van der Waals surface area contributed by atoms with Gasteiger partial charge in [0.05, 0.1) is 25.0 Å². The summed E-state index contributed by atoms with van der Waals surface area (Å²) in [5, 5.41) is 17.2. The molecule has 3 aromatic carbocycles. The Labute approximate surface area is 139 Å². The van der Waals surface area contributed by atoms with Crippen molar-refractivity contribution in [1.82, 2.24) is 0 Å². The average Bonchev–Trinajstić information content (AvgIpc) is 2.62. The van der Waals surface area contributed by atoms with Crippen LogP contribution in [0.3, 0.4) is 0 Å². The molecule has 0 aliphatic carbocycles. The molecule has 0 saturated carbocycles. The number of rotatable bonds is 5. The molecule has 0 aliphatic heterocycles. The molecule has 24 heavy (non-hydrogen) atoms. The number of benzene rings is 3. The van der Waals surface area contributed by atoms with Crippen LogP contribution in [-0.4, -0.2) is 19.3 Å². The SMILES string of the molecule is COc1ccc2ccccc2c1/C=N\Nc1cccc(C(=O)[O-])c1. The molecule has 0 amide bonds. The number of nitrogens with zero attached hydrogens (tertiary/aromatic N) is 1. The summed E-state index contributed by atoms with van der Waals surface area (Å²) in [6.45, 7) is 0. The van der Waals surface area contributed by atoms with Crippen molar-refractivity contribution in [2.45, 2.75) is 0 Å². The molecule has 0 unspecified atom stereocenters. The minimum Gasteiger partial charge on any atom is -0.545 e. The number of ether oxygens (including phenoxy) is 1. The van der Waals surface area contributed by atoms with Gasteiger partial charge in [0, 0.05) is 5.56 Å². The number of fused-ring (bicyclic) bond motifs is 1. The summed E-state index contributed by atoms with van der Waals surface area (Å²) < 4.78 is 5.40. The van der Waals surface area contributed by atoms with Crippen LogP contribution in [0, 0.1) is 0 Å². The van der Waals surface area contributed by atoms with E-state index in [0.29, 0.717) is 11.4 Å². The largest absolute Gasteiger partial charge is 0.545 e. The molecule has 0 saturated heterocycles. The van der Waals surface area contributed by atoms with Crippen LogP contribution in [0.15, 0.2) is 65.8 Å². The first-order valence-electron chi connectivity index (χ1n) is 7.35. The predicted octanol–water partition coefficient (Wildman–Crippen LogP) is 2.66. The summed E-state index contributed by atoms with van der Waals surface area (Å²) in [5.41, 5.74) is 4.33. The first-order chi connectivity index (χ1) is 11.7. The van der Waals surface area contributed by atoms with Gasteiger partial charge in [-0.2, -0.15) is 5.10 Å². The highest BCUT2D eigenvalue weighted by molar-refractivity contribution is 6.02. The molecule has 3 aromatic rings. The fraction of sp³-hybridized carbons (Fsp3) is 0.0526. The lowest BCUT2D eigenvalue weighted by Crippen LogP contribution is -2.22. The minimum absolute atomic E-state index is 0.0953. The van der Waals surface area contributed by atoms with Gasteiger partial charge in [-0.1, -0.05) is 42.5 Å². The Hall–Kier alpha value is -3.34. The molecule has 0 bridgehead atoms. The molecule has 0 aromatic heterocycles. The highest BCUT2D eigenvalue weighted by atomic mass is 16.5. The molecule has 120 valence electrons. The molecule has 3 rings (SSSR count). The van der Waals surface area contributed by atoms with E-state index >= 15 is 0 Å². The first-order valence-corrected chi connectivity index (χ1v) is 7.35. The van der Waals surface area contributed by atoms with E-state index in [-0.39, 0.29) is 5.56 Å². The van der Waals surface area contributed by atoms with Gasteiger partial charge in [-0.15, -0.1) is 0 Å². The summed E-state index contributed by atoms with van der Waals surface area (Å²) in [4.78, 5) is 10.9. The number of methoxy groups -OCH3 is 1. The van der Waals surface area contributed by atoms with E-state index in [9.17, 15) is 9.90 Å². The van der Waals surface area contributed by atoms with E-state index in [2.05, 4.69) is 10.5 Å². The van der Waals surface area contributed by atoms with Crippen molar-refractivity contribution in [3.8, 4) is 5.75 Å². The van der Waals surface area contributed by atoms with Gasteiger partial charge >= 0.3 is 0 Å². The quantitative estimate of drug-likeness (QED) is 0.579. The number of carboxylic acid groups (broad SMARTS) is 1. The first kappa shape index (κ1) is 15.6. The van der Waals surface area contributed by atoms with Gasteiger partial charge in [-0.3, -0.25) is 5.43 Å². The maximum absolute atomic E-state index is 10.9. The third-order valence-corrected chi connectivity index (χ3v) is 3.64. The molecule has 5 nitrogen and oxygen atoms in total. The second kappa shape index (κ2) is 6.83. The van der Waals surface area contributed by atoms with Crippen LogP contribution in [0.4, 0.5) is 5.69 Å². The lowest BCUT2D eigenvalue weighted by molar-refractivity contribution is -0.255. The topological polar surface area (TPSA) is 73.8 Å². The molecule has 1 N–H and O–H groups in total. The Bertz CT molecular complexity index is 919. The molecular weight excluding hydrogens is 304 g/mol. The Kier molecular flexibility index (Phi) is 4.43. The fourth-order valence-corrected chi connectivity index (χ4v) is 2.47. The highest BCUT2D eigenvalue weighted by Gasteiger charge is 2.05. The van der Waals surface area contributed by atoms with Crippen LogP contribution in [0.5, 0.6) is 5.75 Å². The highest BCUT2D eigenvalue weighted by Crippen LogP contribution is 2.26. The van der Waals surface area contributed by atoms with Gasteiger partial charge in [0.25, 0.3) is 0 Å². The fourth-order valence-electron chi connectivity index (χ4n) is 2.47. The van der Waals surface area contributed by atoms with Gasteiger partial charge < -0.3 is 14.6 Å². The van der Waals surface area contributed by atoms with Crippen molar-refractivity contribution < 1.29 is 14.6 Å². The molecule has 0 radical (unpaired) electrons. The third-order valence-electron chi connectivity index (χ3n) is 3.64. The second-order valence-corrected chi connectivity index (χ2v) is 5.14. The Morgan fingerprint density at radius 1 is 1.12 bits per heavy atom. The Balaban J connectivity index is 1.90. The van der Waals surface area contributed by atoms with Gasteiger partial charge in [0.2, 0.25) is 0 Å². The third kappa shape index (κ3) is 3.20. The van der Waals surface area contributed by atoms with E-state index in [4.69, 9.17) is 4.74 Å². The number of carbonyl (C=O) groups excluding carboxylic acids is 1. The van der Waals surface area contributed by atoms with Gasteiger partial charge in [-0.25, -0.2) is 0 Å². The van der Waals surface area contributed by atoms with Gasteiger partial charge in [-0.05, 0) is 34.5 Å². The zero-order valence-corrected chi connectivity index (χ0v) is 13.0. The Morgan fingerprint density at radius 2 is 1.96 bits per heavy atom. The molecular formula is C19H15N2O3-. The van der Waals surface area contributed by atoms with E-state index in [1.54, 1.807) is 25.5 Å². The van der Waals surface area contributed by atoms with E-state index in [0.717, 1.165) is 16.3 Å². The monoisotopic (exact) mass is 319 g/mol. The van der Waals surface area contributed by atoms with E-state index in [1.807, 2.05) is 36.4 Å². The lowest BCUT2D eigenvalue weighted by Gasteiger charge is -2.09. The van der Waals surface area contributed by atoms with Crippen molar-refractivity contribution in [2.75, 3.05) is 12.5 Å². The van der Waals surface area contributed by atoms with Crippen LogP contribution < -0.4 is 15.3 Å². The number of hydrogen-bond acceptors (Lipinski definition) is 5. The smallest absolute Gasteiger partial charge is 0.128 e. The summed E-state index contributed by atoms with van der Waals surface area (Å²) >= 11 is 0. The number of anilines is 1. The van der Waals surface area contributed by atoms with E-state index < -0.39 is 5.97 Å². The minimum atomic E-state index is -1.22. The molecule has 0 fully saturated rings. The Morgan fingerprint density at radius 3 is 2.75 bits per heavy atom. The maximum Gasteiger partial charge on any atom is 0.128 e. The normalized spacial score (nSPS) is 10.9. The number of hydrogen-bond donors (Lipinski definition) is 1. The zero-order valence-electron chi connectivity index (χ0n) is 13.0. The number of hydrazone groups is 1. The van der Waals surface area contributed by atoms with Crippen LogP contribution in [0.25, 0.3) is 10.8 Å². The molecule has 0 aliphatic rings. The van der Waals surface area contributed by atoms with Crippen molar-refractivity contribution in [3.05, 3.63) is 71.8 Å². The number of carbonyl (C=O) groups is 1. The van der Waals surface area contributed by atoms with Crippen molar-refractivity contribution in [2.24, 2.45) is 5.10 Å². The number of aromatic carboxylic acids is 1. The molecule has 5 heteroatoms. The second-order valence-electron chi connectivity index (χ2n) is 5.14. The molecule has 0 atom stereocenters. The van der Waals surface area contributed by atoms with Gasteiger partial charge in [0.1, 0.15) is 5.75 Å². The van der Waals surface area contributed by atoms with Crippen molar-refractivity contribution in [3.63, 3.8) is 0 Å². The number of carboxylic acids is 1. The predicted molar refractivity (Wildman–Crippen MR) is 92.5 cm³/mol. The van der Waals surface area contributed by atoms with Crippen LogP contribution in [-0.2, 0) is 0 Å². The van der Waals surface area contributed by atoms with Crippen molar-refractivity contribution in [1.29, 1.82) is 0 Å². The van der Waals surface area contributed by atoms with Crippen molar-refractivity contribution >= 4 is 28.6 Å². The summed E-state index contributed by atoms with van der Waals surface area (Å²) in [7, 11) is 1.61. The zero-order chi connectivity index (χ0) is 16.9. The summed E-state index contributed by atoms with van der Waals surface area (Å²) in [6, 6.07) is 18.1. The number of nitrogens with one attached hydrogen (secondary N) is 1. The molecule has 0 heterocycles. The lowest BCUT2D eigenvalue weighted by atomic mass is 10.0. The standard InChI is InChI=1S/C19H16N2O3/c1-24-18-10-9-13-5-2-3-8-16(13)17(18)12-20-21-15-7-4-6-14(11-15)19(22)23/h2-12,21H,1H3,(H,22,23)/p-1/b20-12-. The summed E-state index contributed by atoms with van der Waals surface area (Å²) in [6.07, 6.45) is 1.66. The maximum atomic E-state index is 10.9. The summed E-state index contributed by atoms with van der Waals surface area (Å²) in [5.74, 6) is -0.513. The van der Waals surface area contributed by atoms with Crippen LogP contribution >= 0.6 is 0 Å². The average molecular weight is 319 g/mol.